The number of thiazole rings is 1. The molecular formula is C23H14FNO2S2. The van der Waals surface area contributed by atoms with Crippen LogP contribution in [0.2, 0.25) is 0 Å². The van der Waals surface area contributed by atoms with E-state index in [0.29, 0.717) is 5.58 Å². The number of nitrogens with zero attached hydrogens (tertiary/aromatic N) is 1. The van der Waals surface area contributed by atoms with Gasteiger partial charge in [0.15, 0.2) is 4.34 Å². The lowest BCUT2D eigenvalue weighted by Crippen LogP contribution is -1.98. The van der Waals surface area contributed by atoms with Crippen molar-refractivity contribution in [3.05, 3.63) is 94.1 Å². The molecule has 1 aliphatic carbocycles. The van der Waals surface area contributed by atoms with E-state index in [1.807, 2.05) is 24.4 Å². The fourth-order valence-corrected chi connectivity index (χ4v) is 5.27. The molecule has 1 aliphatic rings. The second kappa shape index (κ2) is 7.46. The Morgan fingerprint density at radius 2 is 1.97 bits per heavy atom. The summed E-state index contributed by atoms with van der Waals surface area (Å²) in [7, 11) is 0. The minimum atomic E-state index is -0.434. The molecule has 29 heavy (non-hydrogen) atoms. The molecule has 0 fully saturated rings. The Labute approximate surface area is 174 Å². The Hall–Kier alpha value is -2.96. The third-order valence-corrected chi connectivity index (χ3v) is 6.79. The highest BCUT2D eigenvalue weighted by atomic mass is 32.2. The van der Waals surface area contributed by atoms with Crippen LogP contribution in [-0.4, -0.2) is 4.98 Å². The van der Waals surface area contributed by atoms with Crippen molar-refractivity contribution in [1.82, 2.24) is 4.98 Å². The fraction of sp³-hybridized carbons (Fsp3) is 0.0435. The average molecular weight is 420 g/mol. The first kappa shape index (κ1) is 18.1. The smallest absolute Gasteiger partial charge is 0.336 e. The van der Waals surface area contributed by atoms with Crippen LogP contribution >= 0.6 is 23.1 Å². The number of hydrogen-bond donors (Lipinski definition) is 0. The Bertz CT molecular complexity index is 1330. The molecular weight excluding hydrogens is 405 g/mol. The molecule has 3 nitrogen and oxygen atoms in total. The van der Waals surface area contributed by atoms with Crippen molar-refractivity contribution < 1.29 is 8.81 Å². The van der Waals surface area contributed by atoms with Gasteiger partial charge in [0.1, 0.15) is 11.4 Å². The van der Waals surface area contributed by atoms with E-state index >= 15 is 0 Å². The molecule has 0 radical (unpaired) electrons. The third-order valence-electron chi connectivity index (χ3n) is 4.65. The first-order chi connectivity index (χ1) is 14.2. The molecule has 0 bridgehead atoms. The summed E-state index contributed by atoms with van der Waals surface area (Å²) in [5.74, 6) is -0.313. The summed E-state index contributed by atoms with van der Waals surface area (Å²) in [6.07, 6.45) is 9.15. The van der Waals surface area contributed by atoms with Gasteiger partial charge in [0.2, 0.25) is 0 Å². The predicted octanol–water partition coefficient (Wildman–Crippen LogP) is 6.55. The standard InChI is InChI=1S/C23H14FNO2S2/c24-16-7-5-14(6-8-16)19-12-22(26)27-20-11-17(9-10-18(19)20)28-23-25-13-21(29-23)15-3-1-2-4-15/h1-3,5-13H,4H2. The summed E-state index contributed by atoms with van der Waals surface area (Å²) in [5.41, 5.74) is 2.85. The van der Waals surface area contributed by atoms with E-state index in [1.54, 1.807) is 23.5 Å². The van der Waals surface area contributed by atoms with E-state index in [1.165, 1.54) is 40.4 Å². The van der Waals surface area contributed by atoms with E-state index < -0.39 is 5.63 Å². The molecule has 0 atom stereocenters. The zero-order valence-electron chi connectivity index (χ0n) is 15.1. The molecule has 0 aliphatic heterocycles. The van der Waals surface area contributed by atoms with Crippen LogP contribution in [-0.2, 0) is 0 Å². The maximum absolute atomic E-state index is 13.3. The number of hydrogen-bond acceptors (Lipinski definition) is 5. The van der Waals surface area contributed by atoms with Crippen LogP contribution in [0.1, 0.15) is 11.3 Å². The highest BCUT2D eigenvalue weighted by Gasteiger charge is 2.12. The van der Waals surface area contributed by atoms with Crippen molar-refractivity contribution in [2.75, 3.05) is 0 Å². The van der Waals surface area contributed by atoms with Crippen molar-refractivity contribution >= 4 is 39.6 Å². The largest absolute Gasteiger partial charge is 0.423 e. The van der Waals surface area contributed by atoms with E-state index in [2.05, 4.69) is 23.2 Å². The summed E-state index contributed by atoms with van der Waals surface area (Å²) >= 11 is 3.19. The first-order valence-corrected chi connectivity index (χ1v) is 10.6. The quantitative estimate of drug-likeness (QED) is 0.352. The summed E-state index contributed by atoms with van der Waals surface area (Å²) in [4.78, 5) is 18.7. The number of fused-ring (bicyclic) bond motifs is 1. The maximum atomic E-state index is 13.3. The normalized spacial score (nSPS) is 13.2. The van der Waals surface area contributed by atoms with Gasteiger partial charge in [-0.05, 0) is 53.5 Å². The van der Waals surface area contributed by atoms with Gasteiger partial charge in [0, 0.05) is 22.5 Å². The molecule has 0 saturated heterocycles. The zero-order chi connectivity index (χ0) is 19.8. The molecule has 0 unspecified atom stereocenters. The molecule has 4 aromatic rings. The second-order valence-corrected chi connectivity index (χ2v) is 8.91. The monoisotopic (exact) mass is 419 g/mol. The van der Waals surface area contributed by atoms with Crippen LogP contribution in [0, 0.1) is 5.82 Å². The lowest BCUT2D eigenvalue weighted by atomic mass is 10.0. The average Bonchev–Trinajstić information content (AvgIpc) is 3.39. The Morgan fingerprint density at radius 1 is 1.10 bits per heavy atom. The zero-order valence-corrected chi connectivity index (χ0v) is 16.7. The van der Waals surface area contributed by atoms with Gasteiger partial charge in [-0.1, -0.05) is 42.1 Å². The molecule has 2 heterocycles. The van der Waals surface area contributed by atoms with E-state index in [4.69, 9.17) is 4.42 Å². The first-order valence-electron chi connectivity index (χ1n) is 8.99. The van der Waals surface area contributed by atoms with Gasteiger partial charge in [0.25, 0.3) is 0 Å². The van der Waals surface area contributed by atoms with E-state index in [0.717, 1.165) is 32.2 Å². The van der Waals surface area contributed by atoms with Crippen LogP contribution in [0.3, 0.4) is 0 Å². The van der Waals surface area contributed by atoms with Crippen LogP contribution in [0.5, 0.6) is 0 Å². The van der Waals surface area contributed by atoms with Crippen molar-refractivity contribution in [1.29, 1.82) is 0 Å². The Morgan fingerprint density at radius 3 is 2.76 bits per heavy atom. The summed E-state index contributed by atoms with van der Waals surface area (Å²) in [6, 6.07) is 13.3. The number of halogens is 1. The minimum Gasteiger partial charge on any atom is -0.423 e. The molecule has 0 N–H and O–H groups in total. The van der Waals surface area contributed by atoms with Gasteiger partial charge in [-0.15, -0.1) is 11.3 Å². The number of benzene rings is 2. The molecule has 2 aromatic heterocycles. The van der Waals surface area contributed by atoms with Crippen LogP contribution in [0.4, 0.5) is 4.39 Å². The van der Waals surface area contributed by atoms with Crippen LogP contribution in [0.15, 0.2) is 91.4 Å². The molecule has 2 aromatic carbocycles. The number of rotatable bonds is 4. The van der Waals surface area contributed by atoms with Gasteiger partial charge in [-0.25, -0.2) is 14.2 Å². The van der Waals surface area contributed by atoms with Gasteiger partial charge in [-0.2, -0.15) is 0 Å². The lowest BCUT2D eigenvalue weighted by molar-refractivity contribution is 0.561. The summed E-state index contributed by atoms with van der Waals surface area (Å²) < 4.78 is 19.6. The van der Waals surface area contributed by atoms with Crippen molar-refractivity contribution in [3.8, 4) is 11.1 Å². The highest BCUT2D eigenvalue weighted by Crippen LogP contribution is 2.37. The van der Waals surface area contributed by atoms with Gasteiger partial charge < -0.3 is 4.42 Å². The molecule has 142 valence electrons. The van der Waals surface area contributed by atoms with Gasteiger partial charge >= 0.3 is 5.63 Å². The topological polar surface area (TPSA) is 43.1 Å². The highest BCUT2D eigenvalue weighted by molar-refractivity contribution is 8.01. The summed E-state index contributed by atoms with van der Waals surface area (Å²) in [5, 5.41) is 0.808. The van der Waals surface area contributed by atoms with Crippen LogP contribution < -0.4 is 5.63 Å². The molecule has 0 saturated carbocycles. The third kappa shape index (κ3) is 3.69. The van der Waals surface area contributed by atoms with Gasteiger partial charge in [0.05, 0.1) is 4.88 Å². The van der Waals surface area contributed by atoms with E-state index in [9.17, 15) is 9.18 Å². The predicted molar refractivity (Wildman–Crippen MR) is 116 cm³/mol. The molecule has 0 amide bonds. The fourth-order valence-electron chi connectivity index (χ4n) is 3.26. The molecule has 6 heteroatoms. The lowest BCUT2D eigenvalue weighted by Gasteiger charge is -2.07. The van der Waals surface area contributed by atoms with E-state index in [-0.39, 0.29) is 5.82 Å². The Kier molecular flexibility index (Phi) is 4.66. The maximum Gasteiger partial charge on any atom is 0.336 e. The Balaban J connectivity index is 1.49. The molecule has 5 rings (SSSR count). The second-order valence-electron chi connectivity index (χ2n) is 6.56. The van der Waals surface area contributed by atoms with Gasteiger partial charge in [-0.3, -0.25) is 0 Å². The number of aromatic nitrogens is 1. The molecule has 0 spiro atoms. The van der Waals surface area contributed by atoms with Crippen molar-refractivity contribution in [2.45, 2.75) is 15.7 Å². The summed E-state index contributed by atoms with van der Waals surface area (Å²) in [6.45, 7) is 0. The minimum absolute atomic E-state index is 0.313. The number of allylic oxidation sites excluding steroid dienone is 4. The SMILES string of the molecule is O=c1cc(-c2ccc(F)cc2)c2ccc(Sc3ncc(C4=CC=CC4)s3)cc2o1. The van der Waals surface area contributed by atoms with Crippen molar-refractivity contribution in [3.63, 3.8) is 0 Å². The van der Waals surface area contributed by atoms with Crippen molar-refractivity contribution in [2.24, 2.45) is 0 Å². The van der Waals surface area contributed by atoms with Crippen LogP contribution in [0.25, 0.3) is 27.7 Å².